The molecule has 1 amide bonds. The molecule has 28 heavy (non-hydrogen) atoms. The maximum absolute atomic E-state index is 13.1. The van der Waals surface area contributed by atoms with Crippen molar-refractivity contribution in [1.82, 2.24) is 20.2 Å². The molecule has 2 rings (SSSR count). The van der Waals surface area contributed by atoms with Gasteiger partial charge in [-0.25, -0.2) is 9.37 Å². The molecule has 0 aliphatic heterocycles. The number of rotatable bonds is 9. The first kappa shape index (κ1) is 21.4. The van der Waals surface area contributed by atoms with Gasteiger partial charge in [0.25, 0.3) is 11.5 Å². The van der Waals surface area contributed by atoms with Crippen LogP contribution in [0.2, 0.25) is 0 Å². The number of amides is 1. The van der Waals surface area contributed by atoms with Gasteiger partial charge in [0.2, 0.25) is 5.75 Å². The molecule has 0 radical (unpaired) electrons. The van der Waals surface area contributed by atoms with Crippen LogP contribution >= 0.6 is 0 Å². The topological polar surface area (TPSA) is 85.2 Å². The van der Waals surface area contributed by atoms with Crippen molar-refractivity contribution in [3.63, 3.8) is 0 Å². The van der Waals surface area contributed by atoms with Crippen LogP contribution in [0.25, 0.3) is 0 Å². The predicted octanol–water partition coefficient (Wildman–Crippen LogP) is 2.38. The number of methoxy groups -OCH3 is 1. The van der Waals surface area contributed by atoms with Gasteiger partial charge in [0.1, 0.15) is 11.7 Å². The molecule has 1 aromatic rings. The predicted molar refractivity (Wildman–Crippen MR) is 106 cm³/mol. The number of unbranched alkanes of at least 4 members (excludes halogenated alkanes) is 1. The van der Waals surface area contributed by atoms with Gasteiger partial charge in [-0.1, -0.05) is 17.7 Å². The van der Waals surface area contributed by atoms with E-state index in [0.29, 0.717) is 25.2 Å². The van der Waals surface area contributed by atoms with Crippen molar-refractivity contribution in [2.45, 2.75) is 39.2 Å². The number of hydrogen-bond acceptors (Lipinski definition) is 5. The molecule has 0 atom stereocenters. The fourth-order valence-electron chi connectivity index (χ4n) is 2.89. The van der Waals surface area contributed by atoms with E-state index in [1.54, 1.807) is 13.0 Å². The first-order valence-electron chi connectivity index (χ1n) is 9.28. The van der Waals surface area contributed by atoms with E-state index < -0.39 is 5.91 Å². The van der Waals surface area contributed by atoms with Gasteiger partial charge in [-0.3, -0.25) is 14.2 Å². The van der Waals surface area contributed by atoms with Gasteiger partial charge in [0.15, 0.2) is 5.69 Å². The number of hydrogen-bond donors (Lipinski definition) is 2. The quantitative estimate of drug-likeness (QED) is 0.633. The van der Waals surface area contributed by atoms with Crippen molar-refractivity contribution in [2.24, 2.45) is 0 Å². The zero-order valence-electron chi connectivity index (χ0n) is 16.5. The van der Waals surface area contributed by atoms with Gasteiger partial charge in [0, 0.05) is 26.6 Å². The maximum Gasteiger partial charge on any atom is 0.296 e. The van der Waals surface area contributed by atoms with Gasteiger partial charge in [-0.05, 0) is 38.5 Å². The minimum Gasteiger partial charge on any atom is -0.489 e. The minimum absolute atomic E-state index is 0.0329. The molecule has 0 bridgehead atoms. The van der Waals surface area contributed by atoms with Gasteiger partial charge in [-0.15, -0.1) is 0 Å². The monoisotopic (exact) mass is 390 g/mol. The third kappa shape index (κ3) is 5.55. The van der Waals surface area contributed by atoms with Crippen molar-refractivity contribution >= 4 is 5.91 Å². The number of nitrogens with zero attached hydrogens (tertiary/aromatic N) is 2. The Balaban J connectivity index is 2.12. The van der Waals surface area contributed by atoms with Gasteiger partial charge in [0.05, 0.1) is 7.11 Å². The molecular weight excluding hydrogens is 363 g/mol. The minimum atomic E-state index is -0.489. The van der Waals surface area contributed by atoms with Crippen molar-refractivity contribution in [1.29, 1.82) is 0 Å². The fourth-order valence-corrected chi connectivity index (χ4v) is 2.89. The number of ether oxygens (including phenoxy) is 1. The Hall–Kier alpha value is -2.90. The molecule has 1 aliphatic carbocycles. The van der Waals surface area contributed by atoms with Gasteiger partial charge in [-0.2, -0.15) is 0 Å². The van der Waals surface area contributed by atoms with Crippen molar-refractivity contribution in [2.75, 3.05) is 20.7 Å². The molecule has 0 spiro atoms. The number of carbonyl (C=O) groups excluding carboxylic acids is 1. The highest BCUT2D eigenvalue weighted by Crippen LogP contribution is 2.18. The summed E-state index contributed by atoms with van der Waals surface area (Å²) in [6.07, 6.45) is 9.34. The average Bonchev–Trinajstić information content (AvgIpc) is 2.69. The summed E-state index contributed by atoms with van der Waals surface area (Å²) in [6.45, 7) is 2.44. The molecule has 2 N–H and O–H groups in total. The van der Waals surface area contributed by atoms with Crippen LogP contribution in [0.1, 0.15) is 42.0 Å². The van der Waals surface area contributed by atoms with E-state index in [4.69, 9.17) is 4.74 Å². The van der Waals surface area contributed by atoms with Crippen LogP contribution in [0.4, 0.5) is 4.39 Å². The molecule has 8 heteroatoms. The number of aromatic nitrogens is 2. The van der Waals surface area contributed by atoms with Crippen LogP contribution in [-0.2, 0) is 6.54 Å². The molecule has 0 fully saturated rings. The van der Waals surface area contributed by atoms with Crippen molar-refractivity contribution < 1.29 is 13.9 Å². The number of aryl methyl sites for hydroxylation is 1. The summed E-state index contributed by atoms with van der Waals surface area (Å²) in [4.78, 5) is 29.6. The SMILES string of the molecule is CN/C=C/CCCn1c(C)nc(C(=O)NCC2=CC=C(F)CC2)c(OC)c1=O. The summed E-state index contributed by atoms with van der Waals surface area (Å²) in [6, 6.07) is 0. The van der Waals surface area contributed by atoms with E-state index in [1.807, 2.05) is 19.3 Å². The van der Waals surface area contributed by atoms with E-state index in [1.165, 1.54) is 17.8 Å². The lowest BCUT2D eigenvalue weighted by Crippen LogP contribution is -2.33. The summed E-state index contributed by atoms with van der Waals surface area (Å²) >= 11 is 0. The van der Waals surface area contributed by atoms with Crippen LogP contribution in [-0.4, -0.2) is 36.2 Å². The van der Waals surface area contributed by atoms with Crippen LogP contribution in [0.3, 0.4) is 0 Å². The molecule has 0 aromatic carbocycles. The second kappa shape index (κ2) is 10.4. The maximum atomic E-state index is 13.1. The first-order valence-corrected chi connectivity index (χ1v) is 9.28. The van der Waals surface area contributed by atoms with E-state index in [9.17, 15) is 14.0 Å². The Morgan fingerprint density at radius 3 is 2.82 bits per heavy atom. The van der Waals surface area contributed by atoms with E-state index in [-0.39, 0.29) is 29.4 Å². The summed E-state index contributed by atoms with van der Waals surface area (Å²) in [5, 5.41) is 5.65. The molecule has 152 valence electrons. The van der Waals surface area contributed by atoms with Crippen molar-refractivity contribution in [3.05, 3.63) is 57.7 Å². The lowest BCUT2D eigenvalue weighted by atomic mass is 10.0. The Morgan fingerprint density at radius 2 is 2.18 bits per heavy atom. The molecule has 1 aromatic heterocycles. The van der Waals surface area contributed by atoms with Crippen LogP contribution < -0.4 is 20.9 Å². The summed E-state index contributed by atoms with van der Waals surface area (Å²) < 4.78 is 19.8. The number of halogens is 1. The molecule has 1 aliphatic rings. The van der Waals surface area contributed by atoms with E-state index >= 15 is 0 Å². The van der Waals surface area contributed by atoms with Crippen LogP contribution in [0.15, 0.2) is 40.6 Å². The highest BCUT2D eigenvalue weighted by molar-refractivity contribution is 5.95. The average molecular weight is 390 g/mol. The lowest BCUT2D eigenvalue weighted by Gasteiger charge is -2.15. The first-order chi connectivity index (χ1) is 13.5. The smallest absolute Gasteiger partial charge is 0.296 e. The highest BCUT2D eigenvalue weighted by Gasteiger charge is 2.21. The largest absolute Gasteiger partial charge is 0.489 e. The summed E-state index contributed by atoms with van der Waals surface area (Å²) in [5.41, 5.74) is 0.502. The third-order valence-corrected chi connectivity index (χ3v) is 4.44. The lowest BCUT2D eigenvalue weighted by molar-refractivity contribution is 0.0947. The van der Waals surface area contributed by atoms with Crippen LogP contribution in [0, 0.1) is 6.92 Å². The normalized spacial score (nSPS) is 13.9. The second-order valence-electron chi connectivity index (χ2n) is 6.45. The number of nitrogens with one attached hydrogen (secondary N) is 2. The van der Waals surface area contributed by atoms with Gasteiger partial charge < -0.3 is 15.4 Å². The highest BCUT2D eigenvalue weighted by atomic mass is 19.1. The molecule has 0 unspecified atom stereocenters. The number of allylic oxidation sites excluding steroid dienone is 4. The van der Waals surface area contributed by atoms with E-state index in [0.717, 1.165) is 18.4 Å². The second-order valence-corrected chi connectivity index (χ2v) is 6.45. The van der Waals surface area contributed by atoms with E-state index in [2.05, 4.69) is 15.6 Å². The Bertz CT molecular complexity index is 856. The molecule has 7 nitrogen and oxygen atoms in total. The molecule has 0 saturated carbocycles. The Kier molecular flexibility index (Phi) is 7.98. The Labute approximate surface area is 164 Å². The zero-order chi connectivity index (χ0) is 20.5. The van der Waals surface area contributed by atoms with Gasteiger partial charge >= 0.3 is 0 Å². The van der Waals surface area contributed by atoms with Crippen LogP contribution in [0.5, 0.6) is 5.75 Å². The standard InChI is InChI=1S/C20H27FN4O3/c1-14-24-17(19(26)23-13-15-7-9-16(21)10-8-15)18(28-3)20(27)25(14)12-6-4-5-11-22-2/h5,7,9,11,22H,4,6,8,10,12-13H2,1-3H3,(H,23,26)/b11-5+. The molecule has 0 saturated heterocycles. The summed E-state index contributed by atoms with van der Waals surface area (Å²) in [5.74, 6) is -0.274. The zero-order valence-corrected chi connectivity index (χ0v) is 16.5. The number of carbonyl (C=O) groups is 1. The van der Waals surface area contributed by atoms with Crippen molar-refractivity contribution in [3.8, 4) is 5.75 Å². The Morgan fingerprint density at radius 1 is 1.39 bits per heavy atom. The summed E-state index contributed by atoms with van der Waals surface area (Å²) in [7, 11) is 3.17. The fraction of sp³-hybridized carbons (Fsp3) is 0.450. The third-order valence-electron chi connectivity index (χ3n) is 4.44. The molecule has 1 heterocycles. The molecular formula is C20H27FN4O3.